The van der Waals surface area contributed by atoms with Gasteiger partial charge in [-0.15, -0.1) is 0 Å². The predicted octanol–water partition coefficient (Wildman–Crippen LogP) is -0.730. The maximum absolute atomic E-state index is 11.8. The number of amides is 2. The van der Waals surface area contributed by atoms with Crippen molar-refractivity contribution in [1.29, 1.82) is 0 Å². The zero-order valence-electron chi connectivity index (χ0n) is 9.56. The van der Waals surface area contributed by atoms with Crippen molar-refractivity contribution in [2.24, 2.45) is 11.7 Å². The van der Waals surface area contributed by atoms with Crippen LogP contribution in [0.15, 0.2) is 0 Å². The summed E-state index contributed by atoms with van der Waals surface area (Å²) in [5.41, 5.74) is 5.61. The molecule has 0 saturated heterocycles. The summed E-state index contributed by atoms with van der Waals surface area (Å²) in [6.45, 7) is 2.59. The molecule has 1 aliphatic rings. The molecule has 2 amide bonds. The molecule has 2 atom stereocenters. The first-order valence-electron chi connectivity index (χ1n) is 5.21. The fourth-order valence-corrected chi connectivity index (χ4v) is 1.38. The fourth-order valence-electron chi connectivity index (χ4n) is 1.38. The highest BCUT2D eigenvalue weighted by atomic mass is 16.2. The van der Waals surface area contributed by atoms with Crippen LogP contribution >= 0.6 is 0 Å². The Morgan fingerprint density at radius 3 is 2.27 bits per heavy atom. The average molecular weight is 213 g/mol. The third-order valence-corrected chi connectivity index (χ3v) is 2.68. The standard InChI is InChI=1S/C10H19N3O2/c1-4-13(6-9(14)12(2)3)10(15)7-5-8(7)11/h7-8H,4-6,11H2,1-3H3. The van der Waals surface area contributed by atoms with Crippen molar-refractivity contribution in [1.82, 2.24) is 9.80 Å². The fraction of sp³-hybridized carbons (Fsp3) is 0.800. The molecule has 1 aliphatic carbocycles. The van der Waals surface area contributed by atoms with Crippen LogP contribution in [0.1, 0.15) is 13.3 Å². The maximum Gasteiger partial charge on any atom is 0.241 e. The molecule has 5 nitrogen and oxygen atoms in total. The minimum Gasteiger partial charge on any atom is -0.347 e. The second-order valence-electron chi connectivity index (χ2n) is 4.15. The van der Waals surface area contributed by atoms with Crippen LogP contribution in [0.5, 0.6) is 0 Å². The van der Waals surface area contributed by atoms with Crippen LogP contribution in [-0.4, -0.2) is 54.8 Å². The second-order valence-corrected chi connectivity index (χ2v) is 4.15. The van der Waals surface area contributed by atoms with Crippen molar-refractivity contribution in [3.8, 4) is 0 Å². The summed E-state index contributed by atoms with van der Waals surface area (Å²) in [5.74, 6) is -0.0977. The van der Waals surface area contributed by atoms with Gasteiger partial charge in [0.25, 0.3) is 0 Å². The Morgan fingerprint density at radius 1 is 1.40 bits per heavy atom. The minimum absolute atomic E-state index is 0.000933. The van der Waals surface area contributed by atoms with E-state index in [4.69, 9.17) is 5.73 Å². The van der Waals surface area contributed by atoms with Crippen molar-refractivity contribution >= 4 is 11.8 Å². The number of nitrogens with two attached hydrogens (primary N) is 1. The normalized spacial score (nSPS) is 23.5. The molecule has 2 N–H and O–H groups in total. The summed E-state index contributed by atoms with van der Waals surface area (Å²) in [6.07, 6.45) is 0.755. The van der Waals surface area contributed by atoms with Crippen molar-refractivity contribution < 1.29 is 9.59 Å². The molecule has 1 rings (SSSR count). The highest BCUT2D eigenvalue weighted by Gasteiger charge is 2.42. The van der Waals surface area contributed by atoms with Gasteiger partial charge in [0, 0.05) is 26.7 Å². The molecule has 0 aromatic rings. The van der Waals surface area contributed by atoms with Crippen LogP contribution in [0.4, 0.5) is 0 Å². The number of hydrogen-bond acceptors (Lipinski definition) is 3. The third kappa shape index (κ3) is 2.92. The van der Waals surface area contributed by atoms with Gasteiger partial charge in [0.1, 0.15) is 0 Å². The molecule has 5 heteroatoms. The van der Waals surface area contributed by atoms with Gasteiger partial charge in [0.15, 0.2) is 0 Å². The lowest BCUT2D eigenvalue weighted by Gasteiger charge is -2.22. The first-order chi connectivity index (χ1) is 6.97. The summed E-state index contributed by atoms with van der Waals surface area (Å²) >= 11 is 0. The Bertz CT molecular complexity index is 265. The van der Waals surface area contributed by atoms with E-state index in [1.165, 1.54) is 4.90 Å². The van der Waals surface area contributed by atoms with Gasteiger partial charge in [-0.25, -0.2) is 0 Å². The van der Waals surface area contributed by atoms with E-state index in [2.05, 4.69) is 0 Å². The van der Waals surface area contributed by atoms with Crippen LogP contribution in [0.25, 0.3) is 0 Å². The van der Waals surface area contributed by atoms with Crippen molar-refractivity contribution in [3.05, 3.63) is 0 Å². The van der Waals surface area contributed by atoms with Gasteiger partial charge in [-0.3, -0.25) is 9.59 Å². The van der Waals surface area contributed by atoms with Crippen LogP contribution in [0.2, 0.25) is 0 Å². The van der Waals surface area contributed by atoms with E-state index >= 15 is 0 Å². The first kappa shape index (κ1) is 12.0. The summed E-state index contributed by atoms with van der Waals surface area (Å²) in [7, 11) is 3.37. The van der Waals surface area contributed by atoms with Crippen LogP contribution in [-0.2, 0) is 9.59 Å². The van der Waals surface area contributed by atoms with Gasteiger partial charge in [-0.2, -0.15) is 0 Å². The number of rotatable bonds is 4. The number of likely N-dealkylation sites (N-methyl/N-ethyl adjacent to an activating group) is 2. The molecule has 0 bridgehead atoms. The first-order valence-corrected chi connectivity index (χ1v) is 5.21. The molecular formula is C10H19N3O2. The number of carbonyl (C=O) groups is 2. The molecule has 1 saturated carbocycles. The third-order valence-electron chi connectivity index (χ3n) is 2.68. The van der Waals surface area contributed by atoms with Gasteiger partial charge in [0.2, 0.25) is 11.8 Å². The largest absolute Gasteiger partial charge is 0.347 e. The molecule has 1 fully saturated rings. The van der Waals surface area contributed by atoms with Crippen molar-refractivity contribution in [2.45, 2.75) is 19.4 Å². The van der Waals surface area contributed by atoms with Crippen molar-refractivity contribution in [2.75, 3.05) is 27.2 Å². The molecule has 0 aliphatic heterocycles. The summed E-state index contributed by atoms with van der Waals surface area (Å²) in [6, 6.07) is 0.000933. The van der Waals surface area contributed by atoms with Gasteiger partial charge in [-0.1, -0.05) is 0 Å². The Balaban J connectivity index is 2.48. The summed E-state index contributed by atoms with van der Waals surface area (Å²) in [5, 5.41) is 0. The SMILES string of the molecule is CCN(CC(=O)N(C)C)C(=O)C1CC1N. The predicted molar refractivity (Wildman–Crippen MR) is 57.0 cm³/mol. The maximum atomic E-state index is 11.8. The Hall–Kier alpha value is -1.10. The van der Waals surface area contributed by atoms with E-state index in [1.807, 2.05) is 6.92 Å². The highest BCUT2D eigenvalue weighted by molar-refractivity contribution is 5.87. The molecular weight excluding hydrogens is 194 g/mol. The molecule has 0 aromatic carbocycles. The second kappa shape index (κ2) is 4.61. The minimum atomic E-state index is -0.0561. The van der Waals surface area contributed by atoms with Gasteiger partial charge < -0.3 is 15.5 Å². The van der Waals surface area contributed by atoms with Crippen LogP contribution in [0.3, 0.4) is 0 Å². The van der Waals surface area contributed by atoms with E-state index in [1.54, 1.807) is 19.0 Å². The molecule has 2 unspecified atom stereocenters. The van der Waals surface area contributed by atoms with E-state index in [-0.39, 0.29) is 30.3 Å². The van der Waals surface area contributed by atoms with E-state index in [0.29, 0.717) is 6.54 Å². The lowest BCUT2D eigenvalue weighted by Crippen LogP contribution is -2.41. The molecule has 0 aromatic heterocycles. The number of nitrogens with zero attached hydrogens (tertiary/aromatic N) is 2. The van der Waals surface area contributed by atoms with Crippen molar-refractivity contribution in [3.63, 3.8) is 0 Å². The lowest BCUT2D eigenvalue weighted by molar-refractivity contribution is -0.139. The molecule has 0 heterocycles. The highest BCUT2D eigenvalue weighted by Crippen LogP contribution is 2.29. The molecule has 0 radical (unpaired) electrons. The van der Waals surface area contributed by atoms with Gasteiger partial charge in [0.05, 0.1) is 12.5 Å². The topological polar surface area (TPSA) is 66.6 Å². The van der Waals surface area contributed by atoms with Crippen LogP contribution in [0, 0.1) is 5.92 Å². The monoisotopic (exact) mass is 213 g/mol. The Morgan fingerprint density at radius 2 is 1.93 bits per heavy atom. The Labute approximate surface area is 90.2 Å². The molecule has 0 spiro atoms. The smallest absolute Gasteiger partial charge is 0.241 e. The average Bonchev–Trinajstić information content (AvgIpc) is 2.90. The zero-order chi connectivity index (χ0) is 11.6. The van der Waals surface area contributed by atoms with Crippen LogP contribution < -0.4 is 5.73 Å². The summed E-state index contributed by atoms with van der Waals surface area (Å²) in [4.78, 5) is 26.3. The van der Waals surface area contributed by atoms with Gasteiger partial charge >= 0.3 is 0 Å². The van der Waals surface area contributed by atoms with E-state index < -0.39 is 0 Å². The Kier molecular flexibility index (Phi) is 3.68. The van der Waals surface area contributed by atoms with E-state index in [9.17, 15) is 9.59 Å². The van der Waals surface area contributed by atoms with Gasteiger partial charge in [-0.05, 0) is 13.3 Å². The molecule has 86 valence electrons. The number of hydrogen-bond donors (Lipinski definition) is 1. The molecule has 15 heavy (non-hydrogen) atoms. The quantitative estimate of drug-likeness (QED) is 0.669. The zero-order valence-corrected chi connectivity index (χ0v) is 9.56. The number of carbonyl (C=O) groups excluding carboxylic acids is 2. The van der Waals surface area contributed by atoms with E-state index in [0.717, 1.165) is 6.42 Å². The lowest BCUT2D eigenvalue weighted by atomic mass is 10.3. The summed E-state index contributed by atoms with van der Waals surface area (Å²) < 4.78 is 0.